The number of carbonyl (C=O) groups excluding carboxylic acids is 1. The minimum Gasteiger partial charge on any atom is -0.382 e. The fourth-order valence-electron chi connectivity index (χ4n) is 6.68. The Morgan fingerprint density at radius 1 is 1.05 bits per heavy atom. The van der Waals surface area contributed by atoms with Crippen LogP contribution in [0, 0.1) is 0 Å². The average molecular weight is 598 g/mol. The van der Waals surface area contributed by atoms with Gasteiger partial charge in [-0.25, -0.2) is 13.4 Å². The van der Waals surface area contributed by atoms with Crippen LogP contribution >= 0.6 is 0 Å². The van der Waals surface area contributed by atoms with Gasteiger partial charge in [-0.2, -0.15) is 9.61 Å². The van der Waals surface area contributed by atoms with E-state index in [4.69, 9.17) is 10.7 Å². The molecule has 1 amide bonds. The molecule has 2 bridgehead atoms. The van der Waals surface area contributed by atoms with Crippen LogP contribution < -0.4 is 5.73 Å². The third-order valence-electron chi connectivity index (χ3n) is 8.57. The number of nitrogen functional groups attached to an aromatic ring is 1. The molecule has 2 aliphatic heterocycles. The van der Waals surface area contributed by atoms with Crippen molar-refractivity contribution in [3.05, 3.63) is 72.7 Å². The Hall–Kier alpha value is -4.65. The number of nitrogens with zero attached hydrogens (tertiary/aromatic N) is 7. The summed E-state index contributed by atoms with van der Waals surface area (Å²) in [6.07, 6.45) is 8.06. The quantitative estimate of drug-likeness (QED) is 0.283. The van der Waals surface area contributed by atoms with Gasteiger partial charge in [-0.1, -0.05) is 43.3 Å². The molecule has 4 aromatic heterocycles. The van der Waals surface area contributed by atoms with Crippen LogP contribution in [-0.4, -0.2) is 71.8 Å². The van der Waals surface area contributed by atoms with E-state index in [2.05, 4.69) is 25.3 Å². The predicted octanol–water partition coefficient (Wildman–Crippen LogP) is 3.89. The lowest BCUT2D eigenvalue weighted by atomic mass is 9.87. The van der Waals surface area contributed by atoms with E-state index in [1.165, 1.54) is 10.8 Å². The second-order valence-corrected chi connectivity index (χ2v) is 13.3. The number of carbonyl (C=O) groups is 1. The van der Waals surface area contributed by atoms with E-state index in [0.29, 0.717) is 36.2 Å². The number of nitrogens with two attached hydrogens (primary N) is 1. The molecule has 0 aliphatic carbocycles. The summed E-state index contributed by atoms with van der Waals surface area (Å²) in [7, 11) is -3.75. The molecule has 13 heteroatoms. The van der Waals surface area contributed by atoms with Crippen molar-refractivity contribution in [3.63, 3.8) is 0 Å². The predicted molar refractivity (Wildman–Crippen MR) is 160 cm³/mol. The second-order valence-electron chi connectivity index (χ2n) is 11.2. The third kappa shape index (κ3) is 4.63. The molecular formula is C30H31N9O3S. The lowest BCUT2D eigenvalue weighted by molar-refractivity contribution is 0.0556. The highest BCUT2D eigenvalue weighted by Gasteiger charge is 2.46. The molecule has 3 atom stereocenters. The molecule has 0 unspecified atom stereocenters. The van der Waals surface area contributed by atoms with Gasteiger partial charge in [0.25, 0.3) is 5.91 Å². The number of aromatic nitrogens is 7. The van der Waals surface area contributed by atoms with Gasteiger partial charge >= 0.3 is 0 Å². The normalized spacial score (nSPS) is 20.1. The molecule has 0 saturated carbocycles. The van der Waals surface area contributed by atoms with Crippen LogP contribution in [0.1, 0.15) is 61.3 Å². The number of benzene rings is 1. The Balaban J connectivity index is 1.30. The van der Waals surface area contributed by atoms with E-state index in [1.54, 1.807) is 12.4 Å². The zero-order chi connectivity index (χ0) is 29.7. The van der Waals surface area contributed by atoms with Crippen molar-refractivity contribution in [2.24, 2.45) is 0 Å². The van der Waals surface area contributed by atoms with Crippen LogP contribution in [0.5, 0.6) is 0 Å². The zero-order valence-electron chi connectivity index (χ0n) is 23.6. The van der Waals surface area contributed by atoms with Crippen LogP contribution in [0.25, 0.3) is 28.0 Å². The highest BCUT2D eigenvalue weighted by molar-refractivity contribution is 7.91. The van der Waals surface area contributed by atoms with Crippen LogP contribution in [0.3, 0.4) is 0 Å². The summed E-state index contributed by atoms with van der Waals surface area (Å²) >= 11 is 0. The highest BCUT2D eigenvalue weighted by atomic mass is 32.2. The Morgan fingerprint density at radius 2 is 1.81 bits per heavy atom. The number of sulfone groups is 1. The van der Waals surface area contributed by atoms with Gasteiger partial charge in [0.2, 0.25) is 5.82 Å². The molecule has 6 heterocycles. The van der Waals surface area contributed by atoms with Gasteiger partial charge in [0.05, 0.1) is 23.3 Å². The SMILES string of the molecule is CCCS(=O)(=O)c1c([C@H]2C[C@H]3CC[C@@H](C2)N3C(=O)c2nnc[nH]2)nc2c(-c3ccc(-c4ccccc4)nc3)cnn2c1N. The minimum atomic E-state index is -3.75. The van der Waals surface area contributed by atoms with Crippen LogP contribution in [0.15, 0.2) is 66.1 Å². The van der Waals surface area contributed by atoms with Gasteiger partial charge < -0.3 is 15.6 Å². The number of pyridine rings is 1. The van der Waals surface area contributed by atoms with E-state index in [0.717, 1.165) is 29.7 Å². The van der Waals surface area contributed by atoms with Crippen LogP contribution in [-0.2, 0) is 9.84 Å². The molecule has 2 saturated heterocycles. The lowest BCUT2D eigenvalue weighted by Crippen LogP contribution is -2.46. The average Bonchev–Trinajstić information content (AvgIpc) is 3.76. The zero-order valence-corrected chi connectivity index (χ0v) is 24.4. The molecule has 3 N–H and O–H groups in total. The van der Waals surface area contributed by atoms with E-state index < -0.39 is 9.84 Å². The van der Waals surface area contributed by atoms with E-state index >= 15 is 0 Å². The minimum absolute atomic E-state index is 0.0495. The van der Waals surface area contributed by atoms with Crippen molar-refractivity contribution in [2.45, 2.75) is 61.9 Å². The molecule has 43 heavy (non-hydrogen) atoms. The number of amides is 1. The Bertz CT molecular complexity index is 1890. The molecule has 0 radical (unpaired) electrons. The number of aromatic amines is 1. The van der Waals surface area contributed by atoms with Gasteiger partial charge in [-0.05, 0) is 38.2 Å². The smallest absolute Gasteiger partial charge is 0.292 e. The molecule has 0 spiro atoms. The van der Waals surface area contributed by atoms with E-state index in [1.807, 2.05) is 54.3 Å². The first-order valence-electron chi connectivity index (χ1n) is 14.5. The monoisotopic (exact) mass is 597 g/mol. The summed E-state index contributed by atoms with van der Waals surface area (Å²) in [4.78, 5) is 27.7. The van der Waals surface area contributed by atoms with Crippen molar-refractivity contribution in [2.75, 3.05) is 11.5 Å². The molecule has 1 aromatic carbocycles. The van der Waals surface area contributed by atoms with Crippen molar-refractivity contribution in [1.82, 2.24) is 39.7 Å². The summed E-state index contributed by atoms with van der Waals surface area (Å²) in [5.41, 5.74) is 10.9. The summed E-state index contributed by atoms with van der Waals surface area (Å²) in [5, 5.41) is 12.1. The van der Waals surface area contributed by atoms with Gasteiger partial charge in [0.15, 0.2) is 15.5 Å². The van der Waals surface area contributed by atoms with Gasteiger partial charge in [0.1, 0.15) is 17.0 Å². The Morgan fingerprint density at radius 3 is 2.47 bits per heavy atom. The number of hydrogen-bond donors (Lipinski definition) is 2. The molecule has 12 nitrogen and oxygen atoms in total. The van der Waals surface area contributed by atoms with E-state index in [-0.39, 0.29) is 46.2 Å². The maximum absolute atomic E-state index is 13.7. The number of piperidine rings is 1. The standard InChI is InChI=1S/C30H31N9O3S/c1-2-12-43(41,42)26-25(20-13-21-9-10-22(14-20)38(21)30(40)28-33-17-34-37-28)36-29-23(16-35-39(29)27(26)31)19-8-11-24(32-15-19)18-6-4-3-5-7-18/h3-8,11,15-17,20-22H,2,9-10,12-14,31H2,1H3,(H,33,34,37)/t20-,21+,22-. The number of rotatable bonds is 7. The number of anilines is 1. The van der Waals surface area contributed by atoms with Gasteiger partial charge in [-0.15, -0.1) is 10.2 Å². The Labute approximate surface area is 248 Å². The number of hydrogen-bond acceptors (Lipinski definition) is 9. The first-order valence-corrected chi connectivity index (χ1v) is 16.1. The van der Waals surface area contributed by atoms with Crippen molar-refractivity contribution >= 4 is 27.2 Å². The molecular weight excluding hydrogens is 566 g/mol. The van der Waals surface area contributed by atoms with Crippen molar-refractivity contribution < 1.29 is 13.2 Å². The van der Waals surface area contributed by atoms with Crippen molar-refractivity contribution in [1.29, 1.82) is 0 Å². The molecule has 7 rings (SSSR count). The largest absolute Gasteiger partial charge is 0.382 e. The lowest BCUT2D eigenvalue weighted by Gasteiger charge is -2.38. The number of H-pyrrole nitrogens is 1. The molecule has 220 valence electrons. The fraction of sp³-hybridized carbons (Fsp3) is 0.333. The molecule has 2 fully saturated rings. The highest BCUT2D eigenvalue weighted by Crippen LogP contribution is 2.46. The van der Waals surface area contributed by atoms with Gasteiger partial charge in [0, 0.05) is 40.9 Å². The van der Waals surface area contributed by atoms with Crippen LogP contribution in [0.2, 0.25) is 0 Å². The maximum Gasteiger partial charge on any atom is 0.292 e. The summed E-state index contributed by atoms with van der Waals surface area (Å²) < 4.78 is 28.7. The third-order valence-corrected chi connectivity index (χ3v) is 10.6. The first kappa shape index (κ1) is 27.2. The number of fused-ring (bicyclic) bond motifs is 3. The van der Waals surface area contributed by atoms with E-state index in [9.17, 15) is 13.2 Å². The molecule has 2 aliphatic rings. The maximum atomic E-state index is 13.7. The summed E-state index contributed by atoms with van der Waals surface area (Å²) in [5.74, 6) is -0.171. The first-order chi connectivity index (χ1) is 20.9. The fourth-order valence-corrected chi connectivity index (χ4v) is 8.36. The second kappa shape index (κ2) is 10.6. The van der Waals surface area contributed by atoms with Crippen LogP contribution in [0.4, 0.5) is 5.82 Å². The summed E-state index contributed by atoms with van der Waals surface area (Å²) in [6.45, 7) is 1.82. The van der Waals surface area contributed by atoms with Crippen molar-refractivity contribution in [3.8, 4) is 22.4 Å². The number of nitrogens with one attached hydrogen (secondary N) is 1. The summed E-state index contributed by atoms with van der Waals surface area (Å²) in [6, 6.07) is 13.7. The Kier molecular flexibility index (Phi) is 6.68. The van der Waals surface area contributed by atoms with Gasteiger partial charge in [-0.3, -0.25) is 9.78 Å². The molecule has 5 aromatic rings. The topological polar surface area (TPSA) is 165 Å².